The summed E-state index contributed by atoms with van der Waals surface area (Å²) in [7, 11) is 0. The van der Waals surface area contributed by atoms with E-state index in [4.69, 9.17) is 5.73 Å². The molecule has 21 heavy (non-hydrogen) atoms. The van der Waals surface area contributed by atoms with Crippen LogP contribution in [0.1, 0.15) is 28.7 Å². The van der Waals surface area contributed by atoms with Gasteiger partial charge in [-0.15, -0.1) is 0 Å². The largest absolute Gasteiger partial charge is 0.367 e. The highest BCUT2D eigenvalue weighted by Crippen LogP contribution is 2.22. The summed E-state index contributed by atoms with van der Waals surface area (Å²) in [5.41, 5.74) is 12.4. The second-order valence-corrected chi connectivity index (χ2v) is 5.77. The van der Waals surface area contributed by atoms with Crippen LogP contribution in [0.3, 0.4) is 0 Å². The van der Waals surface area contributed by atoms with Crippen molar-refractivity contribution in [2.24, 2.45) is 5.73 Å². The summed E-state index contributed by atoms with van der Waals surface area (Å²) in [4.78, 5) is 2.44. The van der Waals surface area contributed by atoms with Gasteiger partial charge in [0.05, 0.1) is 0 Å². The molecule has 0 saturated carbocycles. The normalized spacial score (nSPS) is 10.7. The molecule has 112 valence electrons. The SMILES string of the molecule is Cc1ccc(CN(CCCN)c2ccccc2C)cc1C. The molecule has 0 radical (unpaired) electrons. The standard InChI is InChI=1S/C19H26N2/c1-15-9-10-18(13-17(15)3)14-21(12-6-11-20)19-8-5-4-7-16(19)2/h4-5,7-10,13H,6,11-12,14,20H2,1-3H3. The Bertz CT molecular complexity index is 590. The molecule has 0 heterocycles. The summed E-state index contributed by atoms with van der Waals surface area (Å²) in [6.07, 6.45) is 1.01. The van der Waals surface area contributed by atoms with Gasteiger partial charge in [-0.3, -0.25) is 0 Å². The van der Waals surface area contributed by atoms with E-state index in [1.165, 1.54) is 27.9 Å². The highest BCUT2D eigenvalue weighted by atomic mass is 15.1. The summed E-state index contributed by atoms with van der Waals surface area (Å²) < 4.78 is 0. The van der Waals surface area contributed by atoms with Crippen molar-refractivity contribution >= 4 is 5.69 Å². The van der Waals surface area contributed by atoms with E-state index in [1.54, 1.807) is 0 Å². The number of nitrogens with zero attached hydrogens (tertiary/aromatic N) is 1. The molecule has 2 rings (SSSR count). The molecule has 0 atom stereocenters. The van der Waals surface area contributed by atoms with Gasteiger partial charge in [-0.05, 0) is 62.1 Å². The average Bonchev–Trinajstić information content (AvgIpc) is 2.48. The van der Waals surface area contributed by atoms with Gasteiger partial charge < -0.3 is 10.6 Å². The summed E-state index contributed by atoms with van der Waals surface area (Å²) in [5.74, 6) is 0. The molecule has 2 heteroatoms. The van der Waals surface area contributed by atoms with Gasteiger partial charge in [0.25, 0.3) is 0 Å². The molecule has 0 aliphatic heterocycles. The van der Waals surface area contributed by atoms with Crippen molar-refractivity contribution in [1.29, 1.82) is 0 Å². The zero-order valence-corrected chi connectivity index (χ0v) is 13.4. The number of aryl methyl sites for hydroxylation is 3. The Morgan fingerprint density at radius 1 is 0.905 bits per heavy atom. The maximum Gasteiger partial charge on any atom is 0.0429 e. The first-order valence-electron chi connectivity index (χ1n) is 7.68. The van der Waals surface area contributed by atoms with Crippen molar-refractivity contribution < 1.29 is 0 Å². The summed E-state index contributed by atoms with van der Waals surface area (Å²) >= 11 is 0. The van der Waals surface area contributed by atoms with Crippen LogP contribution in [0.4, 0.5) is 5.69 Å². The highest BCUT2D eigenvalue weighted by molar-refractivity contribution is 5.53. The molecule has 0 spiro atoms. The third-order valence-electron chi connectivity index (χ3n) is 4.03. The second kappa shape index (κ2) is 7.28. The van der Waals surface area contributed by atoms with Gasteiger partial charge >= 0.3 is 0 Å². The number of benzene rings is 2. The first-order valence-corrected chi connectivity index (χ1v) is 7.68. The molecule has 0 amide bonds. The molecule has 0 aliphatic carbocycles. The molecule has 0 fully saturated rings. The van der Waals surface area contributed by atoms with Crippen molar-refractivity contribution in [2.45, 2.75) is 33.7 Å². The third kappa shape index (κ3) is 4.08. The van der Waals surface area contributed by atoms with E-state index in [0.29, 0.717) is 0 Å². The minimum Gasteiger partial charge on any atom is -0.367 e. The van der Waals surface area contributed by atoms with Gasteiger partial charge in [-0.2, -0.15) is 0 Å². The Morgan fingerprint density at radius 2 is 1.67 bits per heavy atom. The molecule has 2 N–H and O–H groups in total. The maximum atomic E-state index is 5.70. The van der Waals surface area contributed by atoms with Crippen molar-refractivity contribution in [1.82, 2.24) is 0 Å². The predicted molar refractivity (Wildman–Crippen MR) is 91.8 cm³/mol. The number of rotatable bonds is 6. The molecule has 0 saturated heterocycles. The lowest BCUT2D eigenvalue weighted by molar-refractivity contribution is 0.733. The van der Waals surface area contributed by atoms with Crippen LogP contribution in [-0.4, -0.2) is 13.1 Å². The van der Waals surface area contributed by atoms with Gasteiger partial charge in [0, 0.05) is 18.8 Å². The number of hydrogen-bond donors (Lipinski definition) is 1. The van der Waals surface area contributed by atoms with Gasteiger partial charge in [0.15, 0.2) is 0 Å². The Kier molecular flexibility index (Phi) is 5.40. The molecular formula is C19H26N2. The highest BCUT2D eigenvalue weighted by Gasteiger charge is 2.09. The minimum absolute atomic E-state index is 0.731. The van der Waals surface area contributed by atoms with E-state index >= 15 is 0 Å². The Morgan fingerprint density at radius 3 is 2.33 bits per heavy atom. The monoisotopic (exact) mass is 282 g/mol. The van der Waals surface area contributed by atoms with E-state index in [9.17, 15) is 0 Å². The first-order chi connectivity index (χ1) is 10.1. The number of para-hydroxylation sites is 1. The lowest BCUT2D eigenvalue weighted by Gasteiger charge is -2.27. The molecule has 0 aliphatic rings. The first kappa shape index (κ1) is 15.6. The number of nitrogens with two attached hydrogens (primary N) is 1. The third-order valence-corrected chi connectivity index (χ3v) is 4.03. The van der Waals surface area contributed by atoms with Crippen molar-refractivity contribution in [3.05, 3.63) is 64.7 Å². The van der Waals surface area contributed by atoms with Crippen LogP contribution in [0.5, 0.6) is 0 Å². The van der Waals surface area contributed by atoms with E-state index in [-0.39, 0.29) is 0 Å². The molecule has 2 nitrogen and oxygen atoms in total. The topological polar surface area (TPSA) is 29.3 Å². The zero-order chi connectivity index (χ0) is 15.2. The Balaban J connectivity index is 2.24. The molecule has 0 unspecified atom stereocenters. The van der Waals surface area contributed by atoms with Crippen LogP contribution in [0.25, 0.3) is 0 Å². The van der Waals surface area contributed by atoms with Crippen LogP contribution in [0.2, 0.25) is 0 Å². The van der Waals surface area contributed by atoms with Gasteiger partial charge in [0.2, 0.25) is 0 Å². The van der Waals surface area contributed by atoms with Crippen molar-refractivity contribution in [3.63, 3.8) is 0 Å². The van der Waals surface area contributed by atoms with Crippen molar-refractivity contribution in [2.75, 3.05) is 18.0 Å². The molecular weight excluding hydrogens is 256 g/mol. The second-order valence-electron chi connectivity index (χ2n) is 5.77. The molecule has 2 aromatic rings. The van der Waals surface area contributed by atoms with E-state index in [2.05, 4.69) is 68.1 Å². The quantitative estimate of drug-likeness (QED) is 0.868. The predicted octanol–water partition coefficient (Wildman–Crippen LogP) is 3.97. The molecule has 0 aromatic heterocycles. The summed E-state index contributed by atoms with van der Waals surface area (Å²) in [5, 5.41) is 0. The summed E-state index contributed by atoms with van der Waals surface area (Å²) in [6, 6.07) is 15.3. The van der Waals surface area contributed by atoms with Crippen LogP contribution in [0.15, 0.2) is 42.5 Å². The van der Waals surface area contributed by atoms with Crippen LogP contribution in [0, 0.1) is 20.8 Å². The van der Waals surface area contributed by atoms with Gasteiger partial charge in [0.1, 0.15) is 0 Å². The minimum atomic E-state index is 0.731. The van der Waals surface area contributed by atoms with Gasteiger partial charge in [-0.1, -0.05) is 36.4 Å². The molecule has 0 bridgehead atoms. The van der Waals surface area contributed by atoms with E-state index in [0.717, 1.165) is 26.1 Å². The maximum absolute atomic E-state index is 5.70. The average molecular weight is 282 g/mol. The lowest BCUT2D eigenvalue weighted by Crippen LogP contribution is -2.26. The fraction of sp³-hybridized carbons (Fsp3) is 0.368. The van der Waals surface area contributed by atoms with Crippen LogP contribution < -0.4 is 10.6 Å². The smallest absolute Gasteiger partial charge is 0.0429 e. The number of anilines is 1. The lowest BCUT2D eigenvalue weighted by atomic mass is 10.1. The Labute approximate surface area is 128 Å². The Hall–Kier alpha value is -1.80. The van der Waals surface area contributed by atoms with E-state index in [1.807, 2.05) is 0 Å². The number of hydrogen-bond acceptors (Lipinski definition) is 2. The zero-order valence-electron chi connectivity index (χ0n) is 13.4. The van der Waals surface area contributed by atoms with Crippen LogP contribution in [-0.2, 0) is 6.54 Å². The molecule has 2 aromatic carbocycles. The fourth-order valence-electron chi connectivity index (χ4n) is 2.61. The fourth-order valence-corrected chi connectivity index (χ4v) is 2.61. The van der Waals surface area contributed by atoms with Crippen LogP contribution >= 0.6 is 0 Å². The summed E-state index contributed by atoms with van der Waals surface area (Å²) in [6.45, 7) is 9.17. The van der Waals surface area contributed by atoms with E-state index < -0.39 is 0 Å². The van der Waals surface area contributed by atoms with Gasteiger partial charge in [-0.25, -0.2) is 0 Å². The van der Waals surface area contributed by atoms with Crippen molar-refractivity contribution in [3.8, 4) is 0 Å².